The van der Waals surface area contributed by atoms with E-state index >= 15 is 0 Å². The van der Waals surface area contributed by atoms with Gasteiger partial charge in [0, 0.05) is 24.6 Å². The summed E-state index contributed by atoms with van der Waals surface area (Å²) in [6.07, 6.45) is 2.60. The van der Waals surface area contributed by atoms with Crippen LogP contribution >= 0.6 is 0 Å². The molecule has 0 saturated heterocycles. The van der Waals surface area contributed by atoms with Gasteiger partial charge in [-0.15, -0.1) is 0 Å². The smallest absolute Gasteiger partial charge is 0.126 e. The molecule has 1 aliphatic rings. The normalized spacial score (nSPS) is 16.9. The van der Waals surface area contributed by atoms with Crippen molar-refractivity contribution in [3.63, 3.8) is 0 Å². The van der Waals surface area contributed by atoms with Crippen molar-refractivity contribution in [2.75, 3.05) is 13.2 Å². The summed E-state index contributed by atoms with van der Waals surface area (Å²) >= 11 is 0. The number of benzene rings is 1. The van der Waals surface area contributed by atoms with Crippen molar-refractivity contribution in [1.82, 2.24) is 5.32 Å². The molecule has 1 aromatic carbocycles. The highest BCUT2D eigenvalue weighted by Gasteiger charge is 2.20. The van der Waals surface area contributed by atoms with Gasteiger partial charge in [-0.2, -0.15) is 0 Å². The standard InChI is InChI=1S/C14H20FNO/c1-10(8-16-13-5-6-13)9-17-14-7-12(15)4-3-11(14)2/h3-4,7,10,13,16H,5-6,8-9H2,1-2H3. The first-order chi connectivity index (χ1) is 8.15. The van der Waals surface area contributed by atoms with E-state index in [0.29, 0.717) is 18.3 Å². The first-order valence-corrected chi connectivity index (χ1v) is 6.27. The quantitative estimate of drug-likeness (QED) is 0.821. The maximum absolute atomic E-state index is 13.0. The van der Waals surface area contributed by atoms with Gasteiger partial charge >= 0.3 is 0 Å². The van der Waals surface area contributed by atoms with E-state index in [1.165, 1.54) is 25.0 Å². The fraction of sp³-hybridized carbons (Fsp3) is 0.571. The molecule has 1 fully saturated rings. The molecule has 0 bridgehead atoms. The molecule has 94 valence electrons. The van der Waals surface area contributed by atoms with Crippen LogP contribution in [-0.2, 0) is 0 Å². The van der Waals surface area contributed by atoms with Crippen LogP contribution in [0, 0.1) is 18.7 Å². The highest BCUT2D eigenvalue weighted by Crippen LogP contribution is 2.20. The Balaban J connectivity index is 1.77. The lowest BCUT2D eigenvalue weighted by Crippen LogP contribution is -2.26. The predicted octanol–water partition coefficient (Wildman–Crippen LogP) is 2.90. The molecule has 1 atom stereocenters. The van der Waals surface area contributed by atoms with Gasteiger partial charge in [0.05, 0.1) is 6.61 Å². The van der Waals surface area contributed by atoms with Gasteiger partial charge < -0.3 is 10.1 Å². The van der Waals surface area contributed by atoms with Crippen molar-refractivity contribution in [3.8, 4) is 5.75 Å². The lowest BCUT2D eigenvalue weighted by atomic mass is 10.2. The molecule has 0 radical (unpaired) electrons. The summed E-state index contributed by atoms with van der Waals surface area (Å²) in [6.45, 7) is 5.68. The molecule has 1 unspecified atom stereocenters. The molecule has 0 aromatic heterocycles. The third kappa shape index (κ3) is 4.00. The lowest BCUT2D eigenvalue weighted by molar-refractivity contribution is 0.253. The minimum absolute atomic E-state index is 0.241. The van der Waals surface area contributed by atoms with Crippen LogP contribution in [0.3, 0.4) is 0 Å². The van der Waals surface area contributed by atoms with Crippen LogP contribution in [0.5, 0.6) is 5.75 Å². The van der Waals surface area contributed by atoms with Crippen LogP contribution in [0.25, 0.3) is 0 Å². The van der Waals surface area contributed by atoms with E-state index in [-0.39, 0.29) is 5.82 Å². The van der Waals surface area contributed by atoms with Gasteiger partial charge in [0.2, 0.25) is 0 Å². The zero-order valence-corrected chi connectivity index (χ0v) is 10.5. The Morgan fingerprint density at radius 1 is 1.47 bits per heavy atom. The molecule has 0 amide bonds. The summed E-state index contributed by atoms with van der Waals surface area (Å²) in [5.41, 5.74) is 0.980. The highest BCUT2D eigenvalue weighted by molar-refractivity contribution is 5.32. The topological polar surface area (TPSA) is 21.3 Å². The second kappa shape index (κ2) is 5.50. The van der Waals surface area contributed by atoms with Crippen molar-refractivity contribution in [2.45, 2.75) is 32.7 Å². The molecule has 0 spiro atoms. The molecular formula is C14H20FNO. The summed E-state index contributed by atoms with van der Waals surface area (Å²) in [6, 6.07) is 5.39. The summed E-state index contributed by atoms with van der Waals surface area (Å²) in [7, 11) is 0. The van der Waals surface area contributed by atoms with Gasteiger partial charge in [-0.1, -0.05) is 13.0 Å². The molecule has 0 aliphatic heterocycles. The minimum atomic E-state index is -0.241. The summed E-state index contributed by atoms with van der Waals surface area (Å²) < 4.78 is 18.7. The molecule has 1 aliphatic carbocycles. The highest BCUT2D eigenvalue weighted by atomic mass is 19.1. The number of rotatable bonds is 6. The SMILES string of the molecule is Cc1ccc(F)cc1OCC(C)CNC1CC1. The van der Waals surface area contributed by atoms with Gasteiger partial charge in [-0.3, -0.25) is 0 Å². The van der Waals surface area contributed by atoms with Crippen molar-refractivity contribution in [2.24, 2.45) is 5.92 Å². The number of hydrogen-bond acceptors (Lipinski definition) is 2. The van der Waals surface area contributed by atoms with E-state index in [1.54, 1.807) is 6.07 Å². The molecule has 2 nitrogen and oxygen atoms in total. The maximum atomic E-state index is 13.0. The third-order valence-corrected chi connectivity index (χ3v) is 3.01. The van der Waals surface area contributed by atoms with Gasteiger partial charge in [0.15, 0.2) is 0 Å². The van der Waals surface area contributed by atoms with Crippen molar-refractivity contribution >= 4 is 0 Å². The van der Waals surface area contributed by atoms with E-state index in [2.05, 4.69) is 12.2 Å². The van der Waals surface area contributed by atoms with E-state index in [0.717, 1.165) is 18.2 Å². The molecule has 0 heterocycles. The second-order valence-corrected chi connectivity index (χ2v) is 5.01. The van der Waals surface area contributed by atoms with E-state index in [4.69, 9.17) is 4.74 Å². The molecule has 3 heteroatoms. The number of nitrogens with one attached hydrogen (secondary N) is 1. The summed E-state index contributed by atoms with van der Waals surface area (Å²) in [4.78, 5) is 0. The van der Waals surface area contributed by atoms with Gasteiger partial charge in [0.1, 0.15) is 11.6 Å². The molecule has 1 saturated carbocycles. The van der Waals surface area contributed by atoms with Crippen LogP contribution in [0.4, 0.5) is 4.39 Å². The average molecular weight is 237 g/mol. The molecule has 1 aromatic rings. The van der Waals surface area contributed by atoms with Crippen LogP contribution in [0.15, 0.2) is 18.2 Å². The molecule has 17 heavy (non-hydrogen) atoms. The Labute approximate surface area is 102 Å². The predicted molar refractivity (Wildman–Crippen MR) is 66.8 cm³/mol. The van der Waals surface area contributed by atoms with Crippen LogP contribution in [-0.4, -0.2) is 19.2 Å². The number of halogens is 1. The van der Waals surface area contributed by atoms with Crippen LogP contribution in [0.2, 0.25) is 0 Å². The number of ether oxygens (including phenoxy) is 1. The minimum Gasteiger partial charge on any atom is -0.493 e. The average Bonchev–Trinajstić information content (AvgIpc) is 3.11. The zero-order chi connectivity index (χ0) is 12.3. The first kappa shape index (κ1) is 12.4. The van der Waals surface area contributed by atoms with E-state index in [9.17, 15) is 4.39 Å². The largest absolute Gasteiger partial charge is 0.493 e. The summed E-state index contributed by atoms with van der Waals surface area (Å²) in [5.74, 6) is 0.857. The third-order valence-electron chi connectivity index (χ3n) is 3.01. The Hall–Kier alpha value is -1.09. The second-order valence-electron chi connectivity index (χ2n) is 5.01. The molecule has 2 rings (SSSR count). The Kier molecular flexibility index (Phi) is 4.00. The first-order valence-electron chi connectivity index (χ1n) is 6.27. The van der Waals surface area contributed by atoms with Gasteiger partial charge in [0.25, 0.3) is 0 Å². The fourth-order valence-electron chi connectivity index (χ4n) is 1.68. The Morgan fingerprint density at radius 3 is 2.94 bits per heavy atom. The Bertz CT molecular complexity index is 376. The number of aryl methyl sites for hydroxylation is 1. The monoisotopic (exact) mass is 237 g/mol. The number of hydrogen-bond donors (Lipinski definition) is 1. The van der Waals surface area contributed by atoms with Crippen molar-refractivity contribution in [3.05, 3.63) is 29.6 Å². The van der Waals surface area contributed by atoms with Gasteiger partial charge in [-0.25, -0.2) is 4.39 Å². The maximum Gasteiger partial charge on any atom is 0.126 e. The Morgan fingerprint density at radius 2 is 2.24 bits per heavy atom. The van der Waals surface area contributed by atoms with E-state index < -0.39 is 0 Å². The van der Waals surface area contributed by atoms with E-state index in [1.807, 2.05) is 6.92 Å². The van der Waals surface area contributed by atoms with Gasteiger partial charge in [-0.05, 0) is 31.4 Å². The summed E-state index contributed by atoms with van der Waals surface area (Å²) in [5, 5.41) is 3.46. The lowest BCUT2D eigenvalue weighted by Gasteiger charge is -2.15. The molecular weight excluding hydrogens is 217 g/mol. The fourth-order valence-corrected chi connectivity index (χ4v) is 1.68. The van der Waals surface area contributed by atoms with Crippen LogP contribution < -0.4 is 10.1 Å². The van der Waals surface area contributed by atoms with Crippen molar-refractivity contribution in [1.29, 1.82) is 0 Å². The van der Waals surface area contributed by atoms with Crippen LogP contribution in [0.1, 0.15) is 25.3 Å². The zero-order valence-electron chi connectivity index (χ0n) is 10.5. The molecule has 1 N–H and O–H groups in total. The van der Waals surface area contributed by atoms with Crippen molar-refractivity contribution < 1.29 is 9.13 Å².